The minimum atomic E-state index is 0.642. The number of rotatable bonds is 6. The molecule has 0 N–H and O–H groups in total. The lowest BCUT2D eigenvalue weighted by Gasteiger charge is -2.03. The molecule has 0 aromatic rings. The van der Waals surface area contributed by atoms with Crippen LogP contribution in [-0.4, -0.2) is 13.2 Å². The molecule has 0 bridgehead atoms. The Kier molecular flexibility index (Phi) is 7.17. The molecular weight excluding hydrogens is 148 g/mol. The first-order valence-electron chi connectivity index (χ1n) is 4.85. The maximum Gasteiger partial charge on any atom is 0.0647 e. The summed E-state index contributed by atoms with van der Waals surface area (Å²) in [6.45, 7) is 10.4. The molecule has 0 fully saturated rings. The molecule has 0 radical (unpaired) electrons. The summed E-state index contributed by atoms with van der Waals surface area (Å²) in [6, 6.07) is 0. The molecule has 1 heteroatoms. The quantitative estimate of drug-likeness (QED) is 0.439. The Hall–Kier alpha value is -0.300. The van der Waals surface area contributed by atoms with E-state index in [9.17, 15) is 0 Å². The third-order valence-corrected chi connectivity index (χ3v) is 1.44. The third kappa shape index (κ3) is 9.70. The minimum Gasteiger partial charge on any atom is -0.377 e. The molecule has 1 nitrogen and oxygen atoms in total. The Morgan fingerprint density at radius 3 is 2.17 bits per heavy atom. The summed E-state index contributed by atoms with van der Waals surface area (Å²) in [5.74, 6) is 1.40. The second kappa shape index (κ2) is 7.35. The Bertz CT molecular complexity index is 114. The van der Waals surface area contributed by atoms with E-state index in [2.05, 4.69) is 39.8 Å². The van der Waals surface area contributed by atoms with Crippen LogP contribution >= 0.6 is 0 Å². The van der Waals surface area contributed by atoms with Gasteiger partial charge in [-0.25, -0.2) is 0 Å². The van der Waals surface area contributed by atoms with Gasteiger partial charge in [0.2, 0.25) is 0 Å². The predicted octanol–water partition coefficient (Wildman–Crippen LogP) is 3.26. The van der Waals surface area contributed by atoms with E-state index in [0.29, 0.717) is 5.92 Å². The first-order valence-corrected chi connectivity index (χ1v) is 4.85. The zero-order chi connectivity index (χ0) is 9.40. The summed E-state index contributed by atoms with van der Waals surface area (Å²) >= 11 is 0. The molecule has 0 saturated heterocycles. The molecule has 0 saturated carbocycles. The summed E-state index contributed by atoms with van der Waals surface area (Å²) in [5.41, 5.74) is 0. The smallest absolute Gasteiger partial charge is 0.0647 e. The first kappa shape index (κ1) is 11.7. The molecule has 0 aliphatic heterocycles. The molecule has 0 aromatic heterocycles. The maximum atomic E-state index is 5.39. The van der Waals surface area contributed by atoms with Crippen LogP contribution in [0.2, 0.25) is 0 Å². The van der Waals surface area contributed by atoms with Crippen molar-refractivity contribution >= 4 is 0 Å². The summed E-state index contributed by atoms with van der Waals surface area (Å²) in [4.78, 5) is 0. The van der Waals surface area contributed by atoms with Crippen LogP contribution in [0.5, 0.6) is 0 Å². The zero-order valence-electron chi connectivity index (χ0n) is 8.84. The van der Waals surface area contributed by atoms with Crippen LogP contribution in [0.15, 0.2) is 12.2 Å². The lowest BCUT2D eigenvalue weighted by molar-refractivity contribution is 0.134. The highest BCUT2D eigenvalue weighted by Crippen LogP contribution is 1.99. The average Bonchev–Trinajstić information content (AvgIpc) is 1.95. The van der Waals surface area contributed by atoms with Gasteiger partial charge < -0.3 is 4.74 Å². The predicted molar refractivity (Wildman–Crippen MR) is 54.3 cm³/mol. The maximum absolute atomic E-state index is 5.39. The molecular formula is C11H22O. The highest BCUT2D eigenvalue weighted by atomic mass is 16.5. The molecule has 0 amide bonds. The largest absolute Gasteiger partial charge is 0.377 e. The highest BCUT2D eigenvalue weighted by molar-refractivity contribution is 4.82. The Morgan fingerprint density at radius 1 is 1.00 bits per heavy atom. The topological polar surface area (TPSA) is 9.23 Å². The Balaban J connectivity index is 3.13. The van der Waals surface area contributed by atoms with Gasteiger partial charge in [-0.2, -0.15) is 0 Å². The van der Waals surface area contributed by atoms with E-state index < -0.39 is 0 Å². The van der Waals surface area contributed by atoms with Gasteiger partial charge in [0.15, 0.2) is 0 Å². The fraction of sp³-hybridized carbons (Fsp3) is 0.818. The van der Waals surface area contributed by atoms with Gasteiger partial charge in [-0.3, -0.25) is 0 Å². The lowest BCUT2D eigenvalue weighted by atomic mass is 10.1. The third-order valence-electron chi connectivity index (χ3n) is 1.44. The van der Waals surface area contributed by atoms with E-state index in [1.807, 2.05) is 0 Å². The SMILES string of the molecule is CC(C)C/C=C\COCC(C)C. The van der Waals surface area contributed by atoms with Crippen LogP contribution < -0.4 is 0 Å². The van der Waals surface area contributed by atoms with Crippen molar-refractivity contribution in [3.05, 3.63) is 12.2 Å². The second-order valence-electron chi connectivity index (χ2n) is 4.03. The molecule has 0 aliphatic carbocycles. The van der Waals surface area contributed by atoms with E-state index in [1.54, 1.807) is 0 Å². The van der Waals surface area contributed by atoms with Gasteiger partial charge in [0, 0.05) is 6.61 Å². The van der Waals surface area contributed by atoms with Gasteiger partial charge >= 0.3 is 0 Å². The van der Waals surface area contributed by atoms with Crippen molar-refractivity contribution in [1.82, 2.24) is 0 Å². The van der Waals surface area contributed by atoms with E-state index >= 15 is 0 Å². The molecule has 0 rings (SSSR count). The van der Waals surface area contributed by atoms with Crippen LogP contribution in [0.3, 0.4) is 0 Å². The van der Waals surface area contributed by atoms with Crippen molar-refractivity contribution in [2.75, 3.05) is 13.2 Å². The van der Waals surface area contributed by atoms with E-state index in [-0.39, 0.29) is 0 Å². The first-order chi connectivity index (χ1) is 5.63. The molecule has 0 atom stereocenters. The standard InChI is InChI=1S/C11H22O/c1-10(2)7-5-6-8-12-9-11(3)4/h5-6,10-11H,7-9H2,1-4H3/b6-5-. The molecule has 0 aliphatic rings. The van der Waals surface area contributed by atoms with Gasteiger partial charge in [-0.1, -0.05) is 39.8 Å². The zero-order valence-corrected chi connectivity index (χ0v) is 8.84. The Morgan fingerprint density at radius 2 is 1.67 bits per heavy atom. The van der Waals surface area contributed by atoms with Crippen LogP contribution in [-0.2, 0) is 4.74 Å². The van der Waals surface area contributed by atoms with Crippen LogP contribution in [0.4, 0.5) is 0 Å². The summed E-state index contributed by atoms with van der Waals surface area (Å²) in [5, 5.41) is 0. The molecule has 0 spiro atoms. The Labute approximate surface area is 76.8 Å². The van der Waals surface area contributed by atoms with Crippen LogP contribution in [0.1, 0.15) is 34.1 Å². The van der Waals surface area contributed by atoms with E-state index in [4.69, 9.17) is 4.74 Å². The molecule has 72 valence electrons. The normalized spacial score (nSPS) is 12.2. The van der Waals surface area contributed by atoms with Crippen molar-refractivity contribution in [2.24, 2.45) is 11.8 Å². The molecule has 0 heterocycles. The van der Waals surface area contributed by atoms with Crippen molar-refractivity contribution in [1.29, 1.82) is 0 Å². The van der Waals surface area contributed by atoms with Gasteiger partial charge in [0.1, 0.15) is 0 Å². The average molecular weight is 170 g/mol. The van der Waals surface area contributed by atoms with E-state index in [1.165, 1.54) is 0 Å². The molecule has 0 aromatic carbocycles. The van der Waals surface area contributed by atoms with Crippen molar-refractivity contribution in [2.45, 2.75) is 34.1 Å². The summed E-state index contributed by atoms with van der Waals surface area (Å²) < 4.78 is 5.39. The van der Waals surface area contributed by atoms with Gasteiger partial charge in [0.05, 0.1) is 6.61 Å². The minimum absolute atomic E-state index is 0.642. The summed E-state index contributed by atoms with van der Waals surface area (Å²) in [7, 11) is 0. The number of ether oxygens (including phenoxy) is 1. The van der Waals surface area contributed by atoms with Crippen molar-refractivity contribution in [3.63, 3.8) is 0 Å². The molecule has 0 unspecified atom stereocenters. The monoisotopic (exact) mass is 170 g/mol. The number of hydrogen-bond donors (Lipinski definition) is 0. The van der Waals surface area contributed by atoms with Crippen LogP contribution in [0, 0.1) is 11.8 Å². The lowest BCUT2D eigenvalue weighted by Crippen LogP contribution is -2.01. The van der Waals surface area contributed by atoms with Gasteiger partial charge in [-0.15, -0.1) is 0 Å². The van der Waals surface area contributed by atoms with Crippen molar-refractivity contribution in [3.8, 4) is 0 Å². The van der Waals surface area contributed by atoms with Gasteiger partial charge in [0.25, 0.3) is 0 Å². The summed E-state index contributed by atoms with van der Waals surface area (Å²) in [6.07, 6.45) is 5.47. The van der Waals surface area contributed by atoms with Crippen molar-refractivity contribution < 1.29 is 4.74 Å². The fourth-order valence-corrected chi connectivity index (χ4v) is 0.808. The van der Waals surface area contributed by atoms with Crippen LogP contribution in [0.25, 0.3) is 0 Å². The highest BCUT2D eigenvalue weighted by Gasteiger charge is 1.91. The molecule has 12 heavy (non-hydrogen) atoms. The second-order valence-corrected chi connectivity index (χ2v) is 4.03. The number of allylic oxidation sites excluding steroid dienone is 1. The van der Waals surface area contributed by atoms with Gasteiger partial charge in [-0.05, 0) is 18.3 Å². The fourth-order valence-electron chi connectivity index (χ4n) is 0.808. The van der Waals surface area contributed by atoms with E-state index in [0.717, 1.165) is 25.6 Å². The number of hydrogen-bond acceptors (Lipinski definition) is 1.